The van der Waals surface area contributed by atoms with Crippen LogP contribution < -0.4 is 27.0 Å². The Hall–Kier alpha value is -4.56. The lowest BCUT2D eigenvalue weighted by molar-refractivity contribution is -0.145. The third-order valence-corrected chi connectivity index (χ3v) is 7.77. The van der Waals surface area contributed by atoms with E-state index in [4.69, 9.17) is 15.0 Å². The third-order valence-electron chi connectivity index (χ3n) is 7.77. The van der Waals surface area contributed by atoms with Gasteiger partial charge in [0, 0.05) is 24.4 Å². The number of aryl methyl sites for hydroxylation is 1. The molecule has 0 aliphatic carbocycles. The molecule has 0 spiro atoms. The van der Waals surface area contributed by atoms with Gasteiger partial charge in [-0.2, -0.15) is 0 Å². The summed E-state index contributed by atoms with van der Waals surface area (Å²) in [5.74, 6) is -3.30. The Kier molecular flexibility index (Phi) is 16.6. The molecule has 7 N–H and O–H groups in total. The Labute approximate surface area is 288 Å². The highest BCUT2D eigenvalue weighted by Gasteiger charge is 2.32. The fourth-order valence-corrected chi connectivity index (χ4v) is 4.94. The number of carbonyl (C=O) groups excluding carboxylic acids is 5. The number of hydrogen-bond donors (Lipinski definition) is 6. The Morgan fingerprint density at radius 3 is 2.18 bits per heavy atom. The molecule has 0 fully saturated rings. The predicted octanol–water partition coefficient (Wildman–Crippen LogP) is 2.25. The molecule has 0 aliphatic heterocycles. The average Bonchev–Trinajstić information content (AvgIpc) is 3.49. The van der Waals surface area contributed by atoms with Gasteiger partial charge in [-0.05, 0) is 50.5 Å². The van der Waals surface area contributed by atoms with Gasteiger partial charge in [0.2, 0.25) is 17.7 Å². The second-order valence-corrected chi connectivity index (χ2v) is 13.0. The molecule has 14 nitrogen and oxygen atoms in total. The van der Waals surface area contributed by atoms with Gasteiger partial charge in [0.05, 0.1) is 0 Å². The highest BCUT2D eigenvalue weighted by atomic mass is 16.5. The van der Waals surface area contributed by atoms with Gasteiger partial charge in [0.25, 0.3) is 5.91 Å². The van der Waals surface area contributed by atoms with Crippen molar-refractivity contribution in [3.8, 4) is 0 Å². The number of nitrogens with one attached hydrogen (secondary N) is 4. The zero-order valence-electron chi connectivity index (χ0n) is 29.2. The Balaban J connectivity index is 2.12. The SMILES string of the molecule is C=CC(CC(CCC(=O)OCc1ccccc1)NC(=O)C(CC(C)C)NC(=O)C(NC(=O)C(C)NC(=O)c1cc(C)on1)C(C)C)C(N)O. The molecule has 0 bridgehead atoms. The van der Waals surface area contributed by atoms with Crippen molar-refractivity contribution in [1.29, 1.82) is 0 Å². The molecular formula is C35H52N6O8. The van der Waals surface area contributed by atoms with Gasteiger partial charge in [-0.1, -0.05) is 69.3 Å². The lowest BCUT2D eigenvalue weighted by Gasteiger charge is -2.29. The van der Waals surface area contributed by atoms with Crippen molar-refractivity contribution < 1.29 is 38.3 Å². The molecule has 2 rings (SSSR count). The van der Waals surface area contributed by atoms with E-state index in [1.807, 2.05) is 44.2 Å². The number of aromatic nitrogens is 1. The normalized spacial score (nSPS) is 14.9. The fraction of sp³-hybridized carbons (Fsp3) is 0.543. The van der Waals surface area contributed by atoms with Crippen LogP contribution in [-0.2, 0) is 30.5 Å². The summed E-state index contributed by atoms with van der Waals surface area (Å²) in [6.45, 7) is 14.2. The van der Waals surface area contributed by atoms with Crippen LogP contribution in [-0.4, -0.2) is 70.3 Å². The maximum Gasteiger partial charge on any atom is 0.306 e. The van der Waals surface area contributed by atoms with Gasteiger partial charge in [-0.15, -0.1) is 6.58 Å². The number of rotatable bonds is 20. The molecule has 6 unspecified atom stereocenters. The summed E-state index contributed by atoms with van der Waals surface area (Å²) < 4.78 is 10.3. The summed E-state index contributed by atoms with van der Waals surface area (Å²) in [7, 11) is 0. The molecule has 6 atom stereocenters. The van der Waals surface area contributed by atoms with E-state index >= 15 is 0 Å². The first-order valence-corrected chi connectivity index (χ1v) is 16.5. The van der Waals surface area contributed by atoms with Crippen molar-refractivity contribution in [3.05, 3.63) is 66.1 Å². The molecule has 1 aromatic carbocycles. The first-order chi connectivity index (χ1) is 23.1. The smallest absolute Gasteiger partial charge is 0.306 e. The van der Waals surface area contributed by atoms with Crippen LogP contribution in [0.2, 0.25) is 0 Å². The number of aliphatic hydroxyl groups excluding tert-OH is 1. The largest absolute Gasteiger partial charge is 0.461 e. The van der Waals surface area contributed by atoms with Crippen LogP contribution in [0.15, 0.2) is 53.6 Å². The number of amides is 4. The van der Waals surface area contributed by atoms with Gasteiger partial charge < -0.3 is 41.4 Å². The van der Waals surface area contributed by atoms with Crippen LogP contribution in [0.4, 0.5) is 0 Å². The predicted molar refractivity (Wildman–Crippen MR) is 182 cm³/mol. The minimum absolute atomic E-state index is 0.00301. The van der Waals surface area contributed by atoms with Crippen molar-refractivity contribution in [2.45, 2.75) is 104 Å². The molecule has 1 heterocycles. The van der Waals surface area contributed by atoms with Crippen molar-refractivity contribution in [2.24, 2.45) is 23.5 Å². The third kappa shape index (κ3) is 14.2. The number of aliphatic hydroxyl groups is 1. The number of esters is 1. The van der Waals surface area contributed by atoms with Crippen molar-refractivity contribution in [2.75, 3.05) is 0 Å². The topological polar surface area (TPSA) is 215 Å². The minimum Gasteiger partial charge on any atom is -0.461 e. The number of nitrogens with zero attached hydrogens (tertiary/aromatic N) is 1. The second-order valence-electron chi connectivity index (χ2n) is 13.0. The molecule has 0 radical (unpaired) electrons. The van der Waals surface area contributed by atoms with E-state index in [1.165, 1.54) is 19.1 Å². The molecule has 0 saturated heterocycles. The molecular weight excluding hydrogens is 632 g/mol. The number of nitrogens with two attached hydrogens (primary N) is 1. The lowest BCUT2D eigenvalue weighted by Crippen LogP contribution is -2.58. The Morgan fingerprint density at radius 1 is 0.959 bits per heavy atom. The summed E-state index contributed by atoms with van der Waals surface area (Å²) in [5.41, 5.74) is 6.57. The van der Waals surface area contributed by atoms with E-state index in [-0.39, 0.29) is 49.8 Å². The van der Waals surface area contributed by atoms with Crippen LogP contribution >= 0.6 is 0 Å². The monoisotopic (exact) mass is 684 g/mol. The number of carbonyl (C=O) groups is 5. The highest BCUT2D eigenvalue weighted by Crippen LogP contribution is 2.17. The summed E-state index contributed by atoms with van der Waals surface area (Å²) >= 11 is 0. The summed E-state index contributed by atoms with van der Waals surface area (Å²) in [4.78, 5) is 65.3. The molecule has 2 aromatic rings. The van der Waals surface area contributed by atoms with Gasteiger partial charge >= 0.3 is 5.97 Å². The molecule has 270 valence electrons. The lowest BCUT2D eigenvalue weighted by atomic mass is 9.94. The average molecular weight is 685 g/mol. The number of ether oxygens (including phenoxy) is 1. The Bertz CT molecular complexity index is 1390. The molecule has 0 aliphatic rings. The zero-order valence-corrected chi connectivity index (χ0v) is 29.2. The maximum absolute atomic E-state index is 13.7. The van der Waals surface area contributed by atoms with Crippen molar-refractivity contribution >= 4 is 29.6 Å². The van der Waals surface area contributed by atoms with E-state index in [0.717, 1.165) is 5.56 Å². The molecule has 49 heavy (non-hydrogen) atoms. The van der Waals surface area contributed by atoms with Gasteiger partial charge in [0.1, 0.15) is 36.7 Å². The van der Waals surface area contributed by atoms with Crippen molar-refractivity contribution in [3.63, 3.8) is 0 Å². The fourth-order valence-electron chi connectivity index (χ4n) is 4.94. The quantitative estimate of drug-likeness (QED) is 0.0680. The van der Waals surface area contributed by atoms with Crippen LogP contribution in [0.5, 0.6) is 0 Å². The van der Waals surface area contributed by atoms with Crippen molar-refractivity contribution in [1.82, 2.24) is 26.4 Å². The molecule has 0 saturated carbocycles. The molecule has 4 amide bonds. The van der Waals surface area contributed by atoms with Crippen LogP contribution in [0.25, 0.3) is 0 Å². The summed E-state index contributed by atoms with van der Waals surface area (Å²) in [5, 5.41) is 24.6. The van der Waals surface area contributed by atoms with E-state index in [1.54, 1.807) is 20.8 Å². The van der Waals surface area contributed by atoms with Crippen LogP contribution in [0, 0.1) is 24.7 Å². The van der Waals surface area contributed by atoms with E-state index < -0.39 is 65.9 Å². The van der Waals surface area contributed by atoms with Gasteiger partial charge in [0.15, 0.2) is 5.69 Å². The first-order valence-electron chi connectivity index (χ1n) is 16.5. The second kappa shape index (κ2) is 20.1. The number of hydrogen-bond acceptors (Lipinski definition) is 10. The molecule has 1 aromatic heterocycles. The molecule has 14 heteroatoms. The summed E-state index contributed by atoms with van der Waals surface area (Å²) in [6.07, 6.45) is 0.865. The minimum atomic E-state index is -1.24. The van der Waals surface area contributed by atoms with Crippen LogP contribution in [0.3, 0.4) is 0 Å². The standard InChI is InChI=1S/C35H52N6O8/c1-8-25(31(36)43)18-26(14-15-29(42)48-19-24-12-10-9-11-13-24)38-33(45)27(16-20(2)3)39-35(47)30(21(4)5)40-32(44)23(7)37-34(46)28-17-22(6)49-41-28/h8-13,17,20-21,23,25-27,30-31,43H,1,14-16,18-19,36H2,2-7H3,(H,37,46)(H,38,45)(H,39,47)(H,40,44). The van der Waals surface area contributed by atoms with Gasteiger partial charge in [-0.25, -0.2) is 0 Å². The van der Waals surface area contributed by atoms with E-state index in [0.29, 0.717) is 5.76 Å². The van der Waals surface area contributed by atoms with E-state index in [9.17, 15) is 29.1 Å². The number of benzene rings is 1. The zero-order chi connectivity index (χ0) is 36.7. The van der Waals surface area contributed by atoms with E-state index in [2.05, 4.69) is 33.0 Å². The first kappa shape index (κ1) is 40.6. The Morgan fingerprint density at radius 2 is 1.63 bits per heavy atom. The van der Waals surface area contributed by atoms with Crippen LogP contribution in [0.1, 0.15) is 82.1 Å². The highest BCUT2D eigenvalue weighted by molar-refractivity contribution is 5.97. The van der Waals surface area contributed by atoms with Gasteiger partial charge in [-0.3, -0.25) is 24.0 Å². The maximum atomic E-state index is 13.7. The summed E-state index contributed by atoms with van der Waals surface area (Å²) in [6, 6.07) is 7.00.